The maximum Gasteiger partial charge on any atom is 0.263 e. The summed E-state index contributed by atoms with van der Waals surface area (Å²) in [6.07, 6.45) is 3.00. The highest BCUT2D eigenvalue weighted by molar-refractivity contribution is 5.84. The largest absolute Gasteiger partial charge is 0.383 e. The van der Waals surface area contributed by atoms with Crippen molar-refractivity contribution < 1.29 is 9.53 Å². The molecule has 2 rings (SSSR count). The fraction of sp³-hybridized carbons (Fsp3) is 0.625. The standard InChI is InChI=1S/C16H24N2O3/c1-12-5-4-6-17(10-12)15-9-13(2)18(7-8-21-3)16(20)14(15)11-19/h9,11-12H,4-8,10H2,1-3H3. The first-order valence-corrected chi connectivity index (χ1v) is 7.52. The summed E-state index contributed by atoms with van der Waals surface area (Å²) in [7, 11) is 1.60. The molecule has 1 aromatic rings. The third-order valence-electron chi connectivity index (χ3n) is 4.16. The highest BCUT2D eigenvalue weighted by Crippen LogP contribution is 2.25. The molecule has 0 radical (unpaired) electrons. The Morgan fingerprint density at radius 3 is 2.86 bits per heavy atom. The van der Waals surface area contributed by atoms with Gasteiger partial charge in [0.15, 0.2) is 6.29 Å². The van der Waals surface area contributed by atoms with Crippen LogP contribution in [0.1, 0.15) is 35.8 Å². The molecule has 0 spiro atoms. The van der Waals surface area contributed by atoms with Crippen LogP contribution in [-0.4, -0.2) is 37.7 Å². The van der Waals surface area contributed by atoms with Crippen molar-refractivity contribution in [2.24, 2.45) is 5.92 Å². The minimum Gasteiger partial charge on any atom is -0.383 e. The smallest absolute Gasteiger partial charge is 0.263 e. The van der Waals surface area contributed by atoms with E-state index in [0.29, 0.717) is 25.4 Å². The van der Waals surface area contributed by atoms with Gasteiger partial charge in [0.25, 0.3) is 5.56 Å². The van der Waals surface area contributed by atoms with Gasteiger partial charge in [-0.05, 0) is 31.7 Å². The number of carbonyl (C=O) groups is 1. The van der Waals surface area contributed by atoms with E-state index in [1.165, 1.54) is 6.42 Å². The van der Waals surface area contributed by atoms with Crippen molar-refractivity contribution in [1.82, 2.24) is 4.57 Å². The number of methoxy groups -OCH3 is 1. The number of piperidine rings is 1. The molecule has 0 saturated carbocycles. The molecule has 0 N–H and O–H groups in total. The van der Waals surface area contributed by atoms with E-state index in [0.717, 1.165) is 30.9 Å². The molecule has 1 fully saturated rings. The molecule has 0 amide bonds. The number of aromatic nitrogens is 1. The third-order valence-corrected chi connectivity index (χ3v) is 4.16. The van der Waals surface area contributed by atoms with Crippen LogP contribution in [0.5, 0.6) is 0 Å². The number of anilines is 1. The Kier molecular flexibility index (Phi) is 5.17. The van der Waals surface area contributed by atoms with Crippen LogP contribution in [0.4, 0.5) is 5.69 Å². The maximum absolute atomic E-state index is 12.5. The maximum atomic E-state index is 12.5. The molecular weight excluding hydrogens is 268 g/mol. The molecule has 1 unspecified atom stereocenters. The molecule has 1 aliphatic heterocycles. The lowest BCUT2D eigenvalue weighted by Crippen LogP contribution is -2.37. The van der Waals surface area contributed by atoms with Crippen molar-refractivity contribution in [3.8, 4) is 0 Å². The second-order valence-corrected chi connectivity index (χ2v) is 5.85. The number of pyridine rings is 1. The highest BCUT2D eigenvalue weighted by Gasteiger charge is 2.22. The lowest BCUT2D eigenvalue weighted by molar-refractivity contribution is 0.112. The molecular formula is C16H24N2O3. The molecule has 0 aromatic carbocycles. The Bertz CT molecular complexity index is 565. The summed E-state index contributed by atoms with van der Waals surface area (Å²) in [5, 5.41) is 0. The number of ether oxygens (including phenoxy) is 1. The predicted molar refractivity (Wildman–Crippen MR) is 83.3 cm³/mol. The van der Waals surface area contributed by atoms with E-state index >= 15 is 0 Å². The van der Waals surface area contributed by atoms with E-state index in [4.69, 9.17) is 4.74 Å². The molecule has 1 saturated heterocycles. The minimum absolute atomic E-state index is 0.213. The van der Waals surface area contributed by atoms with Crippen LogP contribution in [0.15, 0.2) is 10.9 Å². The summed E-state index contributed by atoms with van der Waals surface area (Å²) in [5.41, 5.74) is 1.71. The van der Waals surface area contributed by atoms with E-state index in [1.807, 2.05) is 13.0 Å². The van der Waals surface area contributed by atoms with Crippen molar-refractivity contribution in [1.29, 1.82) is 0 Å². The number of hydrogen-bond donors (Lipinski definition) is 0. The lowest BCUT2D eigenvalue weighted by Gasteiger charge is -2.33. The van der Waals surface area contributed by atoms with Gasteiger partial charge < -0.3 is 14.2 Å². The van der Waals surface area contributed by atoms with Crippen LogP contribution in [-0.2, 0) is 11.3 Å². The van der Waals surface area contributed by atoms with Crippen LogP contribution >= 0.6 is 0 Å². The van der Waals surface area contributed by atoms with Crippen LogP contribution in [0.3, 0.4) is 0 Å². The fourth-order valence-electron chi connectivity index (χ4n) is 3.01. The zero-order chi connectivity index (χ0) is 15.4. The molecule has 5 heteroatoms. The normalized spacial score (nSPS) is 18.8. The summed E-state index contributed by atoms with van der Waals surface area (Å²) in [4.78, 5) is 26.1. The van der Waals surface area contributed by atoms with E-state index in [2.05, 4.69) is 11.8 Å². The van der Waals surface area contributed by atoms with Crippen LogP contribution < -0.4 is 10.5 Å². The van der Waals surface area contributed by atoms with Crippen molar-refractivity contribution in [2.75, 3.05) is 31.7 Å². The molecule has 0 aliphatic carbocycles. The topological polar surface area (TPSA) is 51.5 Å². The van der Waals surface area contributed by atoms with Gasteiger partial charge in [0.1, 0.15) is 5.56 Å². The molecule has 5 nitrogen and oxygen atoms in total. The Hall–Kier alpha value is -1.62. The van der Waals surface area contributed by atoms with Crippen molar-refractivity contribution >= 4 is 12.0 Å². The summed E-state index contributed by atoms with van der Waals surface area (Å²) in [6, 6.07) is 1.96. The van der Waals surface area contributed by atoms with Gasteiger partial charge in [0, 0.05) is 32.4 Å². The summed E-state index contributed by atoms with van der Waals surface area (Å²) >= 11 is 0. The first-order valence-electron chi connectivity index (χ1n) is 7.52. The quantitative estimate of drug-likeness (QED) is 0.777. The number of rotatable bonds is 5. The van der Waals surface area contributed by atoms with E-state index in [9.17, 15) is 9.59 Å². The molecule has 1 aliphatic rings. The van der Waals surface area contributed by atoms with Gasteiger partial charge in [-0.1, -0.05) is 6.92 Å². The number of carbonyl (C=O) groups excluding carboxylic acids is 1. The Balaban J connectivity index is 2.42. The van der Waals surface area contributed by atoms with Gasteiger partial charge in [0.2, 0.25) is 0 Å². The Morgan fingerprint density at radius 1 is 1.48 bits per heavy atom. The first kappa shape index (κ1) is 15.8. The van der Waals surface area contributed by atoms with Gasteiger partial charge in [-0.25, -0.2) is 0 Å². The zero-order valence-electron chi connectivity index (χ0n) is 13.1. The van der Waals surface area contributed by atoms with Crippen LogP contribution in [0.2, 0.25) is 0 Å². The first-order chi connectivity index (χ1) is 10.1. The van der Waals surface area contributed by atoms with Gasteiger partial charge in [0.05, 0.1) is 12.3 Å². The molecule has 0 bridgehead atoms. The van der Waals surface area contributed by atoms with Gasteiger partial charge >= 0.3 is 0 Å². The minimum atomic E-state index is -0.213. The molecule has 1 aromatic heterocycles. The number of hydrogen-bond acceptors (Lipinski definition) is 4. The van der Waals surface area contributed by atoms with E-state index in [1.54, 1.807) is 11.7 Å². The van der Waals surface area contributed by atoms with E-state index < -0.39 is 0 Å². The van der Waals surface area contributed by atoms with Gasteiger partial charge in [-0.2, -0.15) is 0 Å². The van der Waals surface area contributed by atoms with Crippen molar-refractivity contribution in [3.05, 3.63) is 27.7 Å². The second kappa shape index (κ2) is 6.89. The Labute approximate surface area is 125 Å². The molecule has 116 valence electrons. The average Bonchev–Trinajstić information content (AvgIpc) is 2.46. The van der Waals surface area contributed by atoms with Gasteiger partial charge in [-0.3, -0.25) is 9.59 Å². The fourth-order valence-corrected chi connectivity index (χ4v) is 3.01. The van der Waals surface area contributed by atoms with Crippen molar-refractivity contribution in [3.63, 3.8) is 0 Å². The Morgan fingerprint density at radius 2 is 2.24 bits per heavy atom. The number of aryl methyl sites for hydroxylation is 1. The highest BCUT2D eigenvalue weighted by atomic mass is 16.5. The van der Waals surface area contributed by atoms with Gasteiger partial charge in [-0.15, -0.1) is 0 Å². The number of aldehydes is 1. The molecule has 21 heavy (non-hydrogen) atoms. The summed E-state index contributed by atoms with van der Waals surface area (Å²) < 4.78 is 6.65. The zero-order valence-corrected chi connectivity index (χ0v) is 13.1. The summed E-state index contributed by atoms with van der Waals surface area (Å²) in [6.45, 7) is 6.85. The average molecular weight is 292 g/mol. The summed E-state index contributed by atoms with van der Waals surface area (Å²) in [5.74, 6) is 0.592. The monoisotopic (exact) mass is 292 g/mol. The van der Waals surface area contributed by atoms with Crippen LogP contribution in [0, 0.1) is 12.8 Å². The molecule has 1 atom stereocenters. The van der Waals surface area contributed by atoms with Crippen molar-refractivity contribution in [2.45, 2.75) is 33.2 Å². The molecule has 2 heterocycles. The predicted octanol–water partition coefficient (Wildman–Crippen LogP) is 1.85. The van der Waals surface area contributed by atoms with E-state index in [-0.39, 0.29) is 11.1 Å². The second-order valence-electron chi connectivity index (χ2n) is 5.85. The SMILES string of the molecule is COCCn1c(C)cc(N2CCCC(C)C2)c(C=O)c1=O. The third kappa shape index (κ3) is 3.35. The lowest BCUT2D eigenvalue weighted by atomic mass is 9.99. The number of nitrogens with zero attached hydrogens (tertiary/aromatic N) is 2. The van der Waals surface area contributed by atoms with Crippen LogP contribution in [0.25, 0.3) is 0 Å².